The summed E-state index contributed by atoms with van der Waals surface area (Å²) >= 11 is 1.82. The molecule has 5 heteroatoms. The van der Waals surface area contributed by atoms with Crippen LogP contribution in [-0.2, 0) is 22.7 Å². The molecule has 0 amide bonds. The van der Waals surface area contributed by atoms with E-state index in [1.807, 2.05) is 11.3 Å². The van der Waals surface area contributed by atoms with Crippen LogP contribution in [0.4, 0.5) is 0 Å². The fraction of sp³-hybridized carbons (Fsp3) is 0.692. The highest BCUT2D eigenvalue weighted by Crippen LogP contribution is 2.25. The summed E-state index contributed by atoms with van der Waals surface area (Å²) in [5.41, 5.74) is 6.14. The Balaban J connectivity index is 1.83. The highest BCUT2D eigenvalue weighted by atomic mass is 32.2. The standard InChI is InChI=1S/C13H21NO2S2/c1-2-12-3-4-13(17-12)8-11(14)7-10-5-6-18(15,16)9-10/h3-4,10-11H,2,5-9,14H2,1H3. The van der Waals surface area contributed by atoms with Gasteiger partial charge in [0.15, 0.2) is 9.84 Å². The maximum Gasteiger partial charge on any atom is 0.150 e. The third-order valence-corrected chi connectivity index (χ3v) is 6.58. The Labute approximate surface area is 113 Å². The summed E-state index contributed by atoms with van der Waals surface area (Å²) in [6.45, 7) is 2.15. The molecule has 0 spiro atoms. The lowest BCUT2D eigenvalue weighted by Gasteiger charge is -2.14. The van der Waals surface area contributed by atoms with Gasteiger partial charge in [-0.05, 0) is 43.7 Å². The molecule has 1 aliphatic rings. The quantitative estimate of drug-likeness (QED) is 0.901. The fourth-order valence-electron chi connectivity index (χ4n) is 2.55. The van der Waals surface area contributed by atoms with E-state index in [1.165, 1.54) is 9.75 Å². The van der Waals surface area contributed by atoms with E-state index in [9.17, 15) is 8.42 Å². The van der Waals surface area contributed by atoms with Crippen LogP contribution in [0.25, 0.3) is 0 Å². The molecule has 1 aliphatic heterocycles. The maximum atomic E-state index is 11.4. The molecule has 18 heavy (non-hydrogen) atoms. The molecule has 0 radical (unpaired) electrons. The van der Waals surface area contributed by atoms with E-state index in [2.05, 4.69) is 19.1 Å². The zero-order valence-corrected chi connectivity index (χ0v) is 12.4. The normalized spacial score (nSPS) is 24.2. The first-order valence-corrected chi connectivity index (χ1v) is 9.16. The molecule has 102 valence electrons. The van der Waals surface area contributed by atoms with Gasteiger partial charge in [-0.1, -0.05) is 6.92 Å². The summed E-state index contributed by atoms with van der Waals surface area (Å²) in [5.74, 6) is 0.963. The molecule has 2 heterocycles. The minimum atomic E-state index is -2.77. The van der Waals surface area contributed by atoms with Crippen LogP contribution in [0.2, 0.25) is 0 Å². The second kappa shape index (κ2) is 5.72. The van der Waals surface area contributed by atoms with Crippen molar-refractivity contribution >= 4 is 21.2 Å². The molecule has 2 unspecified atom stereocenters. The van der Waals surface area contributed by atoms with Crippen molar-refractivity contribution in [2.24, 2.45) is 11.7 Å². The minimum absolute atomic E-state index is 0.0895. The monoisotopic (exact) mass is 287 g/mol. The van der Waals surface area contributed by atoms with Crippen LogP contribution in [-0.4, -0.2) is 26.0 Å². The van der Waals surface area contributed by atoms with Crippen LogP contribution in [0.15, 0.2) is 12.1 Å². The van der Waals surface area contributed by atoms with Gasteiger partial charge in [0.2, 0.25) is 0 Å². The topological polar surface area (TPSA) is 60.2 Å². The van der Waals surface area contributed by atoms with Gasteiger partial charge in [-0.3, -0.25) is 0 Å². The first-order chi connectivity index (χ1) is 8.48. The van der Waals surface area contributed by atoms with Gasteiger partial charge < -0.3 is 5.73 Å². The van der Waals surface area contributed by atoms with Gasteiger partial charge in [0.1, 0.15) is 0 Å². The van der Waals surface area contributed by atoms with Crippen LogP contribution in [0.3, 0.4) is 0 Å². The van der Waals surface area contributed by atoms with Crippen LogP contribution in [0.1, 0.15) is 29.5 Å². The lowest BCUT2D eigenvalue weighted by Crippen LogP contribution is -2.26. The number of thiophene rings is 1. The highest BCUT2D eigenvalue weighted by molar-refractivity contribution is 7.91. The summed E-state index contributed by atoms with van der Waals surface area (Å²) in [4.78, 5) is 2.71. The second-order valence-corrected chi connectivity index (χ2v) is 8.67. The molecule has 1 aromatic heterocycles. The number of hydrogen-bond donors (Lipinski definition) is 1. The molecule has 3 nitrogen and oxygen atoms in total. The van der Waals surface area contributed by atoms with Crippen molar-refractivity contribution in [3.05, 3.63) is 21.9 Å². The third-order valence-electron chi connectivity index (χ3n) is 3.49. The van der Waals surface area contributed by atoms with Gasteiger partial charge in [0.25, 0.3) is 0 Å². The van der Waals surface area contributed by atoms with Crippen molar-refractivity contribution in [1.29, 1.82) is 0 Å². The van der Waals surface area contributed by atoms with Crippen molar-refractivity contribution in [3.63, 3.8) is 0 Å². The Morgan fingerprint density at radius 2 is 2.17 bits per heavy atom. The largest absolute Gasteiger partial charge is 0.327 e. The Kier molecular flexibility index (Phi) is 4.45. The van der Waals surface area contributed by atoms with Crippen LogP contribution < -0.4 is 5.73 Å². The summed E-state index contributed by atoms with van der Waals surface area (Å²) in [5, 5.41) is 0. The Hall–Kier alpha value is -0.390. The molecule has 0 aromatic carbocycles. The van der Waals surface area contributed by atoms with Crippen molar-refractivity contribution < 1.29 is 8.42 Å². The van der Waals surface area contributed by atoms with E-state index in [0.29, 0.717) is 11.5 Å². The Morgan fingerprint density at radius 1 is 1.44 bits per heavy atom. The zero-order valence-electron chi connectivity index (χ0n) is 10.8. The molecular formula is C13H21NO2S2. The number of hydrogen-bond acceptors (Lipinski definition) is 4. The summed E-state index contributed by atoms with van der Waals surface area (Å²) in [7, 11) is -2.77. The first-order valence-electron chi connectivity index (χ1n) is 6.52. The van der Waals surface area contributed by atoms with E-state index < -0.39 is 9.84 Å². The van der Waals surface area contributed by atoms with E-state index in [1.54, 1.807) is 0 Å². The van der Waals surface area contributed by atoms with Gasteiger partial charge in [-0.15, -0.1) is 11.3 Å². The van der Waals surface area contributed by atoms with Crippen LogP contribution in [0.5, 0.6) is 0 Å². The number of nitrogens with two attached hydrogens (primary N) is 1. The predicted octanol–water partition coefficient (Wildman–Crippen LogP) is 2.01. The number of aryl methyl sites for hydroxylation is 1. The average Bonchev–Trinajstić information content (AvgIpc) is 2.85. The first kappa shape index (κ1) is 14.0. The summed E-state index contributed by atoms with van der Waals surface area (Å²) in [6, 6.07) is 4.40. The highest BCUT2D eigenvalue weighted by Gasteiger charge is 2.28. The van der Waals surface area contributed by atoms with Crippen molar-refractivity contribution in [1.82, 2.24) is 0 Å². The minimum Gasteiger partial charge on any atom is -0.327 e. The fourth-order valence-corrected chi connectivity index (χ4v) is 5.48. The molecule has 0 aliphatic carbocycles. The van der Waals surface area contributed by atoms with Gasteiger partial charge in [-0.25, -0.2) is 8.42 Å². The molecule has 1 saturated heterocycles. The van der Waals surface area contributed by atoms with E-state index in [0.717, 1.165) is 25.7 Å². The SMILES string of the molecule is CCc1ccc(CC(N)CC2CCS(=O)(=O)C2)s1. The zero-order chi connectivity index (χ0) is 13.2. The van der Waals surface area contributed by atoms with Crippen molar-refractivity contribution in [2.45, 2.75) is 38.6 Å². The smallest absolute Gasteiger partial charge is 0.150 e. The average molecular weight is 287 g/mol. The maximum absolute atomic E-state index is 11.4. The molecule has 1 aromatic rings. The summed E-state index contributed by atoms with van der Waals surface area (Å²) in [6.07, 6.45) is 3.57. The van der Waals surface area contributed by atoms with Gasteiger partial charge in [-0.2, -0.15) is 0 Å². The predicted molar refractivity (Wildman–Crippen MR) is 76.8 cm³/mol. The van der Waals surface area contributed by atoms with E-state index in [-0.39, 0.29) is 12.0 Å². The molecule has 0 bridgehead atoms. The number of sulfone groups is 1. The summed E-state index contributed by atoms with van der Waals surface area (Å²) < 4.78 is 22.8. The molecule has 2 atom stereocenters. The lowest BCUT2D eigenvalue weighted by atomic mass is 9.97. The molecule has 2 rings (SSSR count). The number of rotatable bonds is 5. The van der Waals surface area contributed by atoms with Crippen LogP contribution in [0, 0.1) is 5.92 Å². The Morgan fingerprint density at radius 3 is 2.72 bits per heavy atom. The molecule has 1 fully saturated rings. The van der Waals surface area contributed by atoms with E-state index >= 15 is 0 Å². The second-order valence-electron chi connectivity index (χ2n) is 5.19. The lowest BCUT2D eigenvalue weighted by molar-refractivity contribution is 0.470. The third kappa shape index (κ3) is 3.80. The molecule has 0 saturated carbocycles. The molecule has 2 N–H and O–H groups in total. The molecular weight excluding hydrogens is 266 g/mol. The van der Waals surface area contributed by atoms with Crippen molar-refractivity contribution in [2.75, 3.05) is 11.5 Å². The van der Waals surface area contributed by atoms with Gasteiger partial charge >= 0.3 is 0 Å². The Bertz CT molecular complexity index is 493. The van der Waals surface area contributed by atoms with Gasteiger partial charge in [0, 0.05) is 15.8 Å². The van der Waals surface area contributed by atoms with Crippen molar-refractivity contribution in [3.8, 4) is 0 Å². The van der Waals surface area contributed by atoms with E-state index in [4.69, 9.17) is 5.73 Å². The van der Waals surface area contributed by atoms with Crippen LogP contribution >= 0.6 is 11.3 Å². The van der Waals surface area contributed by atoms with Gasteiger partial charge in [0.05, 0.1) is 11.5 Å².